The third-order valence-corrected chi connectivity index (χ3v) is 3.96. The third-order valence-electron chi connectivity index (χ3n) is 3.96. The fourth-order valence-electron chi connectivity index (χ4n) is 2.90. The van der Waals surface area contributed by atoms with Gasteiger partial charge in [-0.15, -0.1) is 0 Å². The van der Waals surface area contributed by atoms with Gasteiger partial charge in [-0.25, -0.2) is 4.57 Å². The molecule has 1 aliphatic heterocycles. The van der Waals surface area contributed by atoms with Crippen molar-refractivity contribution in [3.8, 4) is 11.5 Å². The molecule has 23 heavy (non-hydrogen) atoms. The summed E-state index contributed by atoms with van der Waals surface area (Å²) in [5, 5.41) is 13.0. The Morgan fingerprint density at radius 2 is 1.83 bits per heavy atom. The molecule has 2 heterocycles. The van der Waals surface area contributed by atoms with Crippen LogP contribution >= 0.6 is 0 Å². The van der Waals surface area contributed by atoms with E-state index in [1.165, 1.54) is 0 Å². The summed E-state index contributed by atoms with van der Waals surface area (Å²) in [5.41, 5.74) is 1.67. The number of aryl methyl sites for hydroxylation is 1. The Labute approximate surface area is 151 Å². The minimum Gasteiger partial charge on any atom is -1.00 e. The summed E-state index contributed by atoms with van der Waals surface area (Å²) in [5.74, 6) is 1.40. The summed E-state index contributed by atoms with van der Waals surface area (Å²) in [7, 11) is 1.96. The highest BCUT2D eigenvalue weighted by atomic mass is 127. The second-order valence-corrected chi connectivity index (χ2v) is 5.48. The lowest BCUT2D eigenvalue weighted by atomic mass is 9.97. The van der Waals surface area contributed by atoms with Gasteiger partial charge in [-0.05, 0) is 29.1 Å². The van der Waals surface area contributed by atoms with E-state index in [4.69, 9.17) is 9.47 Å². The van der Waals surface area contributed by atoms with Crippen molar-refractivity contribution < 1.29 is 43.1 Å². The maximum Gasteiger partial charge on any atom is 0.231 e. The molecule has 1 atom stereocenters. The number of benzene rings is 2. The maximum absolute atomic E-state index is 10.8. The lowest BCUT2D eigenvalue weighted by Gasteiger charge is -2.13. The van der Waals surface area contributed by atoms with Gasteiger partial charge in [0.1, 0.15) is 13.2 Å². The topological polar surface area (TPSA) is 42.6 Å². The van der Waals surface area contributed by atoms with E-state index >= 15 is 0 Å². The van der Waals surface area contributed by atoms with Gasteiger partial charge in [0.05, 0.1) is 5.56 Å². The van der Waals surface area contributed by atoms with E-state index in [1.807, 2.05) is 66.5 Å². The smallest absolute Gasteiger partial charge is 0.231 e. The van der Waals surface area contributed by atoms with Gasteiger partial charge in [0.25, 0.3) is 0 Å². The standard InChI is InChI=1S/C18H16NO3.HI/c1-19-9-13-4-2-3-5-14(13)15(10-19)18(20)12-6-7-16-17(8-12)22-11-21-16;/h2-10,18,20H,11H2,1H3;1H/q+1;/p-1. The molecule has 5 heteroatoms. The van der Waals surface area contributed by atoms with E-state index in [1.54, 1.807) is 0 Å². The monoisotopic (exact) mass is 421 g/mol. The molecular formula is C18H16INO3. The predicted molar refractivity (Wildman–Crippen MR) is 81.8 cm³/mol. The molecule has 1 aromatic heterocycles. The van der Waals surface area contributed by atoms with Gasteiger partial charge in [0, 0.05) is 5.39 Å². The molecule has 4 nitrogen and oxygen atoms in total. The largest absolute Gasteiger partial charge is 1.00 e. The van der Waals surface area contributed by atoms with Crippen LogP contribution in [0.4, 0.5) is 0 Å². The first-order valence-corrected chi connectivity index (χ1v) is 7.18. The molecule has 0 saturated heterocycles. The molecule has 3 aromatic rings. The van der Waals surface area contributed by atoms with Gasteiger partial charge in [-0.1, -0.05) is 24.3 Å². The first kappa shape index (κ1) is 16.0. The van der Waals surface area contributed by atoms with Crippen molar-refractivity contribution in [2.24, 2.45) is 7.05 Å². The van der Waals surface area contributed by atoms with Crippen LogP contribution in [0, 0.1) is 0 Å². The molecule has 0 fully saturated rings. The summed E-state index contributed by atoms with van der Waals surface area (Å²) in [6, 6.07) is 13.6. The van der Waals surface area contributed by atoms with Crippen LogP contribution in [0.3, 0.4) is 0 Å². The van der Waals surface area contributed by atoms with E-state index in [2.05, 4.69) is 0 Å². The average Bonchev–Trinajstić information content (AvgIpc) is 3.00. The second kappa shape index (κ2) is 6.33. The maximum atomic E-state index is 10.8. The van der Waals surface area contributed by atoms with Crippen molar-refractivity contribution in [1.29, 1.82) is 0 Å². The Kier molecular flexibility index (Phi) is 4.41. The lowest BCUT2D eigenvalue weighted by Crippen LogP contribution is -3.00. The summed E-state index contributed by atoms with van der Waals surface area (Å²) < 4.78 is 12.7. The van der Waals surface area contributed by atoms with Crippen LogP contribution < -0.4 is 38.0 Å². The zero-order chi connectivity index (χ0) is 15.1. The molecule has 0 saturated carbocycles. The Morgan fingerprint density at radius 1 is 1.04 bits per heavy atom. The highest BCUT2D eigenvalue weighted by molar-refractivity contribution is 5.84. The number of aliphatic hydroxyl groups is 1. The van der Waals surface area contributed by atoms with Gasteiger partial charge < -0.3 is 38.6 Å². The van der Waals surface area contributed by atoms with E-state index < -0.39 is 6.10 Å². The zero-order valence-electron chi connectivity index (χ0n) is 12.6. The van der Waals surface area contributed by atoms with Crippen LogP contribution in [-0.2, 0) is 7.05 Å². The van der Waals surface area contributed by atoms with Crippen molar-refractivity contribution in [3.05, 3.63) is 66.0 Å². The summed E-state index contributed by atoms with van der Waals surface area (Å²) in [6.45, 7) is 0.234. The number of nitrogens with zero attached hydrogens (tertiary/aromatic N) is 1. The van der Waals surface area contributed by atoms with E-state index in [-0.39, 0.29) is 30.8 Å². The molecule has 2 aromatic carbocycles. The molecule has 1 aliphatic rings. The number of hydrogen-bond donors (Lipinski definition) is 1. The van der Waals surface area contributed by atoms with Crippen LogP contribution in [-0.4, -0.2) is 11.9 Å². The van der Waals surface area contributed by atoms with Crippen molar-refractivity contribution in [2.45, 2.75) is 6.10 Å². The van der Waals surface area contributed by atoms with Crippen LogP contribution in [0.25, 0.3) is 10.8 Å². The van der Waals surface area contributed by atoms with Crippen LogP contribution in [0.2, 0.25) is 0 Å². The van der Waals surface area contributed by atoms with Crippen molar-refractivity contribution in [2.75, 3.05) is 6.79 Å². The molecule has 0 spiro atoms. The molecule has 0 amide bonds. The molecule has 1 N–H and O–H groups in total. The number of ether oxygens (including phenoxy) is 2. The third kappa shape index (κ3) is 2.86. The zero-order valence-corrected chi connectivity index (χ0v) is 14.7. The van der Waals surface area contributed by atoms with Gasteiger partial charge >= 0.3 is 0 Å². The number of aliphatic hydroxyl groups excluding tert-OH is 1. The molecular weight excluding hydrogens is 405 g/mol. The van der Waals surface area contributed by atoms with Crippen molar-refractivity contribution in [3.63, 3.8) is 0 Å². The Balaban J connectivity index is 0.00000156. The fourth-order valence-corrected chi connectivity index (χ4v) is 2.90. The summed E-state index contributed by atoms with van der Waals surface area (Å²) >= 11 is 0. The number of pyridine rings is 1. The van der Waals surface area contributed by atoms with Gasteiger partial charge in [0.2, 0.25) is 6.79 Å². The number of rotatable bonds is 2. The van der Waals surface area contributed by atoms with Crippen LogP contribution in [0.15, 0.2) is 54.9 Å². The van der Waals surface area contributed by atoms with E-state index in [0.717, 1.165) is 27.6 Å². The highest BCUT2D eigenvalue weighted by Gasteiger charge is 2.21. The molecule has 1 unspecified atom stereocenters. The molecule has 0 aliphatic carbocycles. The Bertz CT molecular complexity index is 866. The number of aromatic nitrogens is 1. The first-order chi connectivity index (χ1) is 10.7. The predicted octanol–water partition coefficient (Wildman–Crippen LogP) is -0.521. The van der Waals surface area contributed by atoms with Gasteiger partial charge in [-0.3, -0.25) is 0 Å². The van der Waals surface area contributed by atoms with Crippen LogP contribution in [0.5, 0.6) is 11.5 Å². The highest BCUT2D eigenvalue weighted by Crippen LogP contribution is 2.36. The lowest BCUT2D eigenvalue weighted by molar-refractivity contribution is -0.670. The minimum absolute atomic E-state index is 0. The van der Waals surface area contributed by atoms with E-state index in [0.29, 0.717) is 5.75 Å². The summed E-state index contributed by atoms with van der Waals surface area (Å²) in [4.78, 5) is 0. The minimum atomic E-state index is -0.716. The Hall–Kier alpha value is -1.86. The molecule has 4 rings (SSSR count). The SMILES string of the molecule is C[n+]1cc(C(O)c2ccc3c(c2)OCO3)c2ccccc2c1.[I-]. The van der Waals surface area contributed by atoms with Crippen molar-refractivity contribution in [1.82, 2.24) is 0 Å². The fraction of sp³-hybridized carbons (Fsp3) is 0.167. The van der Waals surface area contributed by atoms with Gasteiger partial charge in [-0.2, -0.15) is 0 Å². The second-order valence-electron chi connectivity index (χ2n) is 5.48. The normalized spacial score (nSPS) is 13.7. The average molecular weight is 421 g/mol. The molecule has 0 bridgehead atoms. The Morgan fingerprint density at radius 3 is 2.70 bits per heavy atom. The number of halogens is 1. The van der Waals surface area contributed by atoms with E-state index in [9.17, 15) is 5.11 Å². The quantitative estimate of drug-likeness (QED) is 0.448. The summed E-state index contributed by atoms with van der Waals surface area (Å²) in [6.07, 6.45) is 3.29. The van der Waals surface area contributed by atoms with Crippen LogP contribution in [0.1, 0.15) is 17.2 Å². The number of hydrogen-bond acceptors (Lipinski definition) is 3. The number of fused-ring (bicyclic) bond motifs is 2. The molecule has 0 radical (unpaired) electrons. The van der Waals surface area contributed by atoms with Gasteiger partial charge in [0.15, 0.2) is 23.9 Å². The first-order valence-electron chi connectivity index (χ1n) is 7.18. The van der Waals surface area contributed by atoms with Crippen molar-refractivity contribution >= 4 is 10.8 Å². The molecule has 118 valence electrons.